The van der Waals surface area contributed by atoms with Gasteiger partial charge in [-0.05, 0) is 76.3 Å². The van der Waals surface area contributed by atoms with Crippen molar-refractivity contribution in [3.8, 4) is 16.9 Å². The second-order valence-corrected chi connectivity index (χ2v) is 10.6. The maximum atomic E-state index is 15.3. The molecule has 0 fully saturated rings. The van der Waals surface area contributed by atoms with Crippen LogP contribution in [0.2, 0.25) is 0 Å². The van der Waals surface area contributed by atoms with Crippen molar-refractivity contribution in [3.05, 3.63) is 94.6 Å². The van der Waals surface area contributed by atoms with Crippen LogP contribution in [0.3, 0.4) is 0 Å². The Bertz CT molecular complexity index is 1390. The normalized spacial score (nSPS) is 14.7. The highest BCUT2D eigenvalue weighted by Crippen LogP contribution is 2.47. The number of halogens is 4. The summed E-state index contributed by atoms with van der Waals surface area (Å²) < 4.78 is 67.6. The Morgan fingerprint density at radius 3 is 2.34 bits per heavy atom. The summed E-state index contributed by atoms with van der Waals surface area (Å²) in [5.74, 6) is -1.91. The molecule has 0 aliphatic heterocycles. The van der Waals surface area contributed by atoms with Gasteiger partial charge in [0.25, 0.3) is 6.43 Å². The Balaban J connectivity index is 0.00000226. The van der Waals surface area contributed by atoms with Gasteiger partial charge in [0, 0.05) is 11.1 Å². The Kier molecular flexibility index (Phi) is 10.8. The summed E-state index contributed by atoms with van der Waals surface area (Å²) in [7, 11) is 1.29. The van der Waals surface area contributed by atoms with Gasteiger partial charge in [-0.1, -0.05) is 71.0 Å². The topological polar surface area (TPSA) is 35.5 Å². The summed E-state index contributed by atoms with van der Waals surface area (Å²) in [6.45, 7) is 9.97. The molecule has 0 N–H and O–H groups in total. The number of alkyl halides is 2. The van der Waals surface area contributed by atoms with Gasteiger partial charge in [0.05, 0.1) is 13.5 Å². The molecule has 7 heteroatoms. The molecule has 1 aliphatic carbocycles. The van der Waals surface area contributed by atoms with Crippen LogP contribution in [0, 0.1) is 17.0 Å². The Morgan fingerprint density at radius 2 is 1.71 bits per heavy atom. The van der Waals surface area contributed by atoms with Crippen LogP contribution >= 0.6 is 0 Å². The van der Waals surface area contributed by atoms with Crippen LogP contribution in [0.15, 0.2) is 60.7 Å². The number of hydrogen-bond donors (Lipinski definition) is 0. The molecule has 0 saturated heterocycles. The van der Waals surface area contributed by atoms with E-state index in [4.69, 9.17) is 9.47 Å². The highest BCUT2D eigenvalue weighted by Gasteiger charge is 2.30. The number of allylic oxidation sites excluding steroid dienone is 2. The standard InChI is InChI=1S/C32H32F4O3.C2H6/c1-19(15-29(37)38-4)22-7-5-9-28(30(22)34)39-18-20-10-12-23(24(16-20)26-8-6-14-32(26,2)3)25-17-21(31(35)36)11-13-27(25)33;1-2/h5,7-13,16-17,19,31H,6,14-15,18H2,1-4H3;1-2H3. The van der Waals surface area contributed by atoms with E-state index < -0.39 is 29.9 Å². The summed E-state index contributed by atoms with van der Waals surface area (Å²) in [5, 5.41) is 0. The minimum atomic E-state index is -2.72. The first-order valence-electron chi connectivity index (χ1n) is 13.9. The molecule has 1 atom stereocenters. The molecule has 220 valence electrons. The monoisotopic (exact) mass is 570 g/mol. The Hall–Kier alpha value is -3.61. The van der Waals surface area contributed by atoms with Crippen molar-refractivity contribution in [3.63, 3.8) is 0 Å². The third-order valence-corrected chi connectivity index (χ3v) is 7.37. The van der Waals surface area contributed by atoms with Crippen LogP contribution in [-0.2, 0) is 16.1 Å². The predicted molar refractivity (Wildman–Crippen MR) is 155 cm³/mol. The number of benzene rings is 3. The first-order valence-corrected chi connectivity index (χ1v) is 13.9. The average Bonchev–Trinajstić information content (AvgIpc) is 3.32. The van der Waals surface area contributed by atoms with Crippen molar-refractivity contribution in [2.75, 3.05) is 7.11 Å². The van der Waals surface area contributed by atoms with Crippen molar-refractivity contribution in [2.45, 2.75) is 72.8 Å². The summed E-state index contributed by atoms with van der Waals surface area (Å²) >= 11 is 0. The van der Waals surface area contributed by atoms with E-state index in [-0.39, 0.29) is 35.3 Å². The molecule has 0 heterocycles. The van der Waals surface area contributed by atoms with Crippen molar-refractivity contribution in [1.29, 1.82) is 0 Å². The quantitative estimate of drug-likeness (QED) is 0.190. The molecule has 41 heavy (non-hydrogen) atoms. The molecule has 0 bridgehead atoms. The largest absolute Gasteiger partial charge is 0.486 e. The lowest BCUT2D eigenvalue weighted by molar-refractivity contribution is -0.141. The molecular weight excluding hydrogens is 532 g/mol. The lowest BCUT2D eigenvalue weighted by atomic mass is 9.79. The average molecular weight is 571 g/mol. The van der Waals surface area contributed by atoms with Crippen molar-refractivity contribution in [2.24, 2.45) is 5.41 Å². The van der Waals surface area contributed by atoms with Gasteiger partial charge in [0.1, 0.15) is 12.4 Å². The molecular formula is C34H38F4O3. The molecule has 3 nitrogen and oxygen atoms in total. The van der Waals surface area contributed by atoms with Crippen LogP contribution in [-0.4, -0.2) is 13.1 Å². The lowest BCUT2D eigenvalue weighted by Crippen LogP contribution is -2.11. The third kappa shape index (κ3) is 7.38. The molecule has 3 aromatic rings. The van der Waals surface area contributed by atoms with Gasteiger partial charge in [-0.15, -0.1) is 0 Å². The molecule has 4 rings (SSSR count). The van der Waals surface area contributed by atoms with Gasteiger partial charge >= 0.3 is 5.97 Å². The van der Waals surface area contributed by atoms with E-state index in [0.717, 1.165) is 41.7 Å². The van der Waals surface area contributed by atoms with Gasteiger partial charge in [0.15, 0.2) is 11.6 Å². The maximum absolute atomic E-state index is 15.3. The number of carbonyl (C=O) groups is 1. The van der Waals surface area contributed by atoms with E-state index in [2.05, 4.69) is 19.9 Å². The van der Waals surface area contributed by atoms with Crippen molar-refractivity contribution in [1.82, 2.24) is 0 Å². The van der Waals surface area contributed by atoms with Crippen LogP contribution in [0.25, 0.3) is 16.7 Å². The fraction of sp³-hybridized carbons (Fsp3) is 0.382. The molecule has 0 amide bonds. The third-order valence-electron chi connectivity index (χ3n) is 7.37. The van der Waals surface area contributed by atoms with Gasteiger partial charge in [-0.2, -0.15) is 0 Å². The molecule has 0 radical (unpaired) electrons. The van der Waals surface area contributed by atoms with Gasteiger partial charge in [-0.3, -0.25) is 4.79 Å². The van der Waals surface area contributed by atoms with Gasteiger partial charge in [0.2, 0.25) is 0 Å². The number of carbonyl (C=O) groups excluding carboxylic acids is 1. The predicted octanol–water partition coefficient (Wildman–Crippen LogP) is 10.0. The molecule has 1 aliphatic rings. The number of methoxy groups -OCH3 is 1. The molecule has 0 spiro atoms. The maximum Gasteiger partial charge on any atom is 0.306 e. The zero-order chi connectivity index (χ0) is 30.3. The SMILES string of the molecule is CC.COC(=O)CC(C)c1cccc(OCc2ccc(-c3cc(C(F)F)ccc3F)c(C3=CCCC3(C)C)c2)c1F. The number of hydrogen-bond acceptors (Lipinski definition) is 3. The van der Waals surface area contributed by atoms with Crippen LogP contribution < -0.4 is 4.74 Å². The highest BCUT2D eigenvalue weighted by atomic mass is 19.3. The van der Waals surface area contributed by atoms with Crippen LogP contribution in [0.4, 0.5) is 17.6 Å². The van der Waals surface area contributed by atoms with E-state index in [1.807, 2.05) is 19.9 Å². The van der Waals surface area contributed by atoms with E-state index in [1.165, 1.54) is 19.2 Å². The van der Waals surface area contributed by atoms with E-state index in [0.29, 0.717) is 11.1 Å². The number of rotatable bonds is 9. The summed E-state index contributed by atoms with van der Waals surface area (Å²) in [6, 6.07) is 13.5. The Morgan fingerprint density at radius 1 is 0.976 bits per heavy atom. The van der Waals surface area contributed by atoms with E-state index >= 15 is 4.39 Å². The molecule has 0 saturated carbocycles. The lowest BCUT2D eigenvalue weighted by Gasteiger charge is -2.25. The van der Waals surface area contributed by atoms with E-state index in [9.17, 15) is 18.0 Å². The fourth-order valence-electron chi connectivity index (χ4n) is 5.11. The zero-order valence-electron chi connectivity index (χ0n) is 24.5. The highest BCUT2D eigenvalue weighted by molar-refractivity contribution is 5.85. The summed E-state index contributed by atoms with van der Waals surface area (Å²) in [5.41, 5.74) is 3.00. The zero-order valence-corrected chi connectivity index (χ0v) is 24.5. The minimum absolute atomic E-state index is 0.0340. The number of ether oxygens (including phenoxy) is 2. The second kappa shape index (κ2) is 13.8. The number of esters is 1. The first-order chi connectivity index (χ1) is 19.5. The minimum Gasteiger partial charge on any atom is -0.486 e. The fourth-order valence-corrected chi connectivity index (χ4v) is 5.11. The summed E-state index contributed by atoms with van der Waals surface area (Å²) in [4.78, 5) is 11.7. The second-order valence-electron chi connectivity index (χ2n) is 10.6. The molecule has 3 aromatic carbocycles. The molecule has 0 aromatic heterocycles. The first kappa shape index (κ1) is 31.9. The summed E-state index contributed by atoms with van der Waals surface area (Å²) in [6.07, 6.45) is 1.18. The van der Waals surface area contributed by atoms with Crippen LogP contribution in [0.5, 0.6) is 5.75 Å². The smallest absolute Gasteiger partial charge is 0.306 e. The van der Waals surface area contributed by atoms with Crippen molar-refractivity contribution >= 4 is 11.5 Å². The Labute approximate surface area is 240 Å². The van der Waals surface area contributed by atoms with Crippen LogP contribution in [0.1, 0.15) is 88.5 Å². The van der Waals surface area contributed by atoms with Crippen molar-refractivity contribution < 1.29 is 31.8 Å². The molecule has 1 unspecified atom stereocenters. The van der Waals surface area contributed by atoms with E-state index in [1.54, 1.807) is 31.2 Å². The van der Waals surface area contributed by atoms with Gasteiger partial charge < -0.3 is 9.47 Å². The van der Waals surface area contributed by atoms with Gasteiger partial charge in [-0.25, -0.2) is 17.6 Å².